The molecule has 4 fully saturated rings. The van der Waals surface area contributed by atoms with E-state index in [2.05, 4.69) is 72.1 Å². The van der Waals surface area contributed by atoms with E-state index in [4.69, 9.17) is 27.8 Å². The molecule has 4 saturated heterocycles. The number of benzene rings is 2. The Bertz CT molecular complexity index is 2840. The number of H-pyrrole nitrogens is 2. The molecule has 0 bridgehead atoms. The van der Waals surface area contributed by atoms with Crippen LogP contribution in [-0.2, 0) is 31.8 Å². The van der Waals surface area contributed by atoms with E-state index >= 15 is 0 Å². The molecule has 0 saturated carbocycles. The molecule has 0 radical (unpaired) electrons. The number of fused-ring (bicyclic) bond motifs is 2. The van der Waals surface area contributed by atoms with Crippen LogP contribution in [0, 0.1) is 47.3 Å². The second-order valence-electron chi connectivity index (χ2n) is 22.2. The summed E-state index contributed by atoms with van der Waals surface area (Å²) in [6.45, 7) is 16.7. The van der Waals surface area contributed by atoms with E-state index in [-0.39, 0.29) is 129 Å². The van der Waals surface area contributed by atoms with Gasteiger partial charge in [-0.2, -0.15) is 0 Å². The molecule has 2 aromatic carbocycles. The number of carbonyl (C=O) groups excluding carboxylic acids is 4. The molecule has 0 amide bonds. The number of anilines is 2. The summed E-state index contributed by atoms with van der Waals surface area (Å²) in [6, 6.07) is 13.9. The molecule has 10 rings (SSSR count). The van der Waals surface area contributed by atoms with Gasteiger partial charge in [0.05, 0.1) is 71.7 Å². The minimum Gasteiger partial charge on any atom is -0.545 e. The Morgan fingerprint density at radius 1 is 0.610 bits per heavy atom. The molecule has 4 N–H and O–H groups in total. The SMILES string of the molecule is CNc1ccc2oc(C[C@H]3O[C@@]4(CC[C@H]3C)O[C@H]([C@H](C)C(=O)c3ccc[nH]3)[C@H](C)C[C@H]4C)nc2c1C(=O)[O-].CNc1ccc2oc(C[C@H]3O[C@@]4(CC[C@H]3C)O[C@H]([C@H](C)C(=O)c3ccc[nH]3)[C@H](C)C[C@H]4C)nc2c1C(=O)[O-].[Mg+2]. The largest absolute Gasteiger partial charge is 2.00 e. The maximum Gasteiger partial charge on any atom is 2.00 e. The van der Waals surface area contributed by atoms with Crippen molar-refractivity contribution in [3.8, 4) is 0 Å². The zero-order valence-corrected chi connectivity index (χ0v) is 47.3. The van der Waals surface area contributed by atoms with E-state index in [0.717, 1.165) is 38.5 Å². The van der Waals surface area contributed by atoms with Crippen LogP contribution in [0.3, 0.4) is 0 Å². The molecule has 6 aromatic rings. The summed E-state index contributed by atoms with van der Waals surface area (Å²) in [5.74, 6) is -2.87. The zero-order valence-electron chi connectivity index (χ0n) is 45.9. The number of nitrogens with one attached hydrogen (secondary N) is 4. The molecule has 14 atom stereocenters. The Balaban J connectivity index is 0.000000201. The van der Waals surface area contributed by atoms with Gasteiger partial charge in [-0.25, -0.2) is 9.97 Å². The average molecular weight is 1070 g/mol. The molecular formula is C58H72MgN6O12. The van der Waals surface area contributed by atoms with Crippen LogP contribution in [-0.4, -0.2) is 117 Å². The number of aromatic nitrogens is 4. The van der Waals surface area contributed by atoms with Crippen molar-refractivity contribution in [3.05, 3.63) is 95.2 Å². The predicted molar refractivity (Wildman–Crippen MR) is 285 cm³/mol. The quantitative estimate of drug-likeness (QED) is 0.0595. The maximum atomic E-state index is 13.1. The van der Waals surface area contributed by atoms with Gasteiger partial charge in [0.15, 0.2) is 46.1 Å². The fourth-order valence-electron chi connectivity index (χ4n) is 12.5. The second kappa shape index (κ2) is 23.4. The predicted octanol–water partition coefficient (Wildman–Crippen LogP) is 8.01. The molecule has 18 nitrogen and oxygen atoms in total. The third-order valence-electron chi connectivity index (χ3n) is 17.1. The van der Waals surface area contributed by atoms with E-state index in [1.54, 1.807) is 62.9 Å². The van der Waals surface area contributed by atoms with Gasteiger partial charge in [-0.15, -0.1) is 0 Å². The van der Waals surface area contributed by atoms with Crippen LogP contribution in [0.2, 0.25) is 0 Å². The topological polar surface area (TPSA) is 259 Å². The van der Waals surface area contributed by atoms with Crippen molar-refractivity contribution in [2.24, 2.45) is 47.3 Å². The van der Waals surface area contributed by atoms with Crippen molar-refractivity contribution in [1.82, 2.24) is 19.9 Å². The summed E-state index contributed by atoms with van der Waals surface area (Å²) in [4.78, 5) is 65.0. The molecule has 0 unspecified atom stereocenters. The number of carbonyl (C=O) groups is 4. The smallest absolute Gasteiger partial charge is 0.545 e. The Kier molecular flexibility index (Phi) is 17.5. The van der Waals surface area contributed by atoms with E-state index < -0.39 is 23.5 Å². The van der Waals surface area contributed by atoms with Gasteiger partial charge in [0.25, 0.3) is 0 Å². The van der Waals surface area contributed by atoms with Crippen molar-refractivity contribution in [2.45, 2.75) is 143 Å². The number of nitrogens with zero attached hydrogens (tertiary/aromatic N) is 2. The first-order valence-corrected chi connectivity index (χ1v) is 27.0. The van der Waals surface area contributed by atoms with Crippen molar-refractivity contribution in [3.63, 3.8) is 0 Å². The number of hydrogen-bond acceptors (Lipinski definition) is 16. The van der Waals surface area contributed by atoms with Crippen molar-refractivity contribution < 1.29 is 57.2 Å². The first kappa shape index (κ1) is 57.6. The van der Waals surface area contributed by atoms with Crippen LogP contribution in [0.1, 0.15) is 147 Å². The molecule has 4 aliphatic rings. The maximum absolute atomic E-state index is 13.1. The second-order valence-corrected chi connectivity index (χ2v) is 22.2. The number of aromatic carboxylic acids is 2. The minimum atomic E-state index is -1.31. The molecule has 4 aromatic heterocycles. The number of Topliss-reactive ketones (excluding diaryl/α,β-unsaturated/α-hetero) is 2. The standard InChI is InChI=1S/2C29H37N3O6.Mg/c2*1-15-10-11-29(17(3)13-16(2)27(38-29)18(4)26(33)20-7-6-12-31-20)37-22(15)14-23-32-25-21(36-23)9-8-19(30-5)24(25)28(34)35;/h2*6-9,12,15-18,22,27,30-31H,10-11,13-14H2,1-5H3,(H,34,35);/q;;+2/p-2/t2*15-,16-,17-,18-,22-,27+,29+;/m11./s1. The molecule has 0 aliphatic carbocycles. The van der Waals surface area contributed by atoms with E-state index in [0.29, 0.717) is 58.6 Å². The summed E-state index contributed by atoms with van der Waals surface area (Å²) in [5, 5.41) is 29.4. The molecule has 8 heterocycles. The summed E-state index contributed by atoms with van der Waals surface area (Å²) in [7, 11) is 3.30. The van der Waals surface area contributed by atoms with Gasteiger partial charge in [0, 0.05) is 74.4 Å². The van der Waals surface area contributed by atoms with Gasteiger partial charge >= 0.3 is 23.1 Å². The number of carboxylic acids is 2. The number of aromatic amines is 2. The van der Waals surface area contributed by atoms with Crippen LogP contribution >= 0.6 is 0 Å². The Morgan fingerprint density at radius 3 is 1.34 bits per heavy atom. The normalized spacial score (nSPS) is 30.0. The van der Waals surface area contributed by atoms with Crippen LogP contribution < -0.4 is 20.8 Å². The van der Waals surface area contributed by atoms with Crippen LogP contribution in [0.4, 0.5) is 11.4 Å². The molecule has 19 heteroatoms. The molecule has 4 aliphatic heterocycles. The number of ether oxygens (including phenoxy) is 4. The first-order chi connectivity index (χ1) is 36.3. The van der Waals surface area contributed by atoms with Gasteiger partial charge in [-0.1, -0.05) is 55.4 Å². The monoisotopic (exact) mass is 1070 g/mol. The third kappa shape index (κ3) is 11.4. The Morgan fingerprint density at radius 2 is 1.00 bits per heavy atom. The zero-order chi connectivity index (χ0) is 54.4. The first-order valence-electron chi connectivity index (χ1n) is 27.0. The Hall–Kier alpha value is -5.57. The molecule has 2 spiro atoms. The van der Waals surface area contributed by atoms with E-state index in [9.17, 15) is 29.4 Å². The summed E-state index contributed by atoms with van der Waals surface area (Å²) in [6.07, 6.45) is 8.30. The number of carboxylic acid groups (broad SMARTS) is 2. The molecule has 77 heavy (non-hydrogen) atoms. The molecular weight excluding hydrogens is 997 g/mol. The van der Waals surface area contributed by atoms with Crippen LogP contribution in [0.5, 0.6) is 0 Å². The summed E-state index contributed by atoms with van der Waals surface area (Å²) >= 11 is 0. The van der Waals surface area contributed by atoms with E-state index in [1.165, 1.54) is 0 Å². The van der Waals surface area contributed by atoms with Crippen molar-refractivity contribution >= 4 is 80.1 Å². The van der Waals surface area contributed by atoms with Crippen molar-refractivity contribution in [1.29, 1.82) is 0 Å². The van der Waals surface area contributed by atoms with Gasteiger partial charge in [0.2, 0.25) is 0 Å². The summed E-state index contributed by atoms with van der Waals surface area (Å²) < 4.78 is 39.0. The van der Waals surface area contributed by atoms with Crippen LogP contribution in [0.15, 0.2) is 69.8 Å². The minimum absolute atomic E-state index is 0. The van der Waals surface area contributed by atoms with Gasteiger partial charge in [-0.3, -0.25) is 9.59 Å². The number of hydrogen-bond donors (Lipinski definition) is 4. The van der Waals surface area contributed by atoms with Gasteiger partial charge in [-0.05, 0) is 97.9 Å². The average Bonchev–Trinajstić information content (AvgIpc) is 4.33. The van der Waals surface area contributed by atoms with Crippen molar-refractivity contribution in [2.75, 3.05) is 24.7 Å². The third-order valence-corrected chi connectivity index (χ3v) is 17.1. The van der Waals surface area contributed by atoms with Gasteiger partial charge in [0.1, 0.15) is 11.0 Å². The Labute approximate surface area is 465 Å². The van der Waals surface area contributed by atoms with Gasteiger partial charge < -0.3 is 68.2 Å². The number of rotatable bonds is 14. The fourth-order valence-corrected chi connectivity index (χ4v) is 12.5. The van der Waals surface area contributed by atoms with E-state index in [1.807, 2.05) is 26.0 Å². The summed E-state index contributed by atoms with van der Waals surface area (Å²) in [5.41, 5.74) is 3.30. The number of oxazole rings is 2. The fraction of sp³-hybridized carbons (Fsp3) is 0.552. The van der Waals surface area contributed by atoms with Crippen LogP contribution in [0.25, 0.3) is 22.2 Å². The molecule has 408 valence electrons. The number of ketones is 2.